The highest BCUT2D eigenvalue weighted by molar-refractivity contribution is 9.10. The van der Waals surface area contributed by atoms with Crippen molar-refractivity contribution in [2.24, 2.45) is 0 Å². The second-order valence-electron chi connectivity index (χ2n) is 5.72. The molecule has 1 amide bonds. The zero-order chi connectivity index (χ0) is 14.8. The van der Waals surface area contributed by atoms with Crippen molar-refractivity contribution in [2.45, 2.75) is 38.8 Å². The van der Waals surface area contributed by atoms with Crippen LogP contribution in [0, 0.1) is 0 Å². The van der Waals surface area contributed by atoms with Gasteiger partial charge in [-0.3, -0.25) is 0 Å². The van der Waals surface area contributed by atoms with Crippen LogP contribution in [0.5, 0.6) is 5.88 Å². The van der Waals surface area contributed by atoms with Crippen molar-refractivity contribution in [3.8, 4) is 5.88 Å². The highest BCUT2D eigenvalue weighted by atomic mass is 79.9. The Hall–Kier alpha value is -1.30. The Balaban J connectivity index is 1.86. The fraction of sp³-hybridized carbons (Fsp3) is 0.571. The summed E-state index contributed by atoms with van der Waals surface area (Å²) in [5, 5.41) is 0. The van der Waals surface area contributed by atoms with E-state index in [1.807, 2.05) is 32.9 Å². The Labute approximate surface area is 127 Å². The van der Waals surface area contributed by atoms with E-state index >= 15 is 0 Å². The van der Waals surface area contributed by atoms with Crippen LogP contribution in [0.25, 0.3) is 0 Å². The summed E-state index contributed by atoms with van der Waals surface area (Å²) in [6.07, 6.45) is 2.31. The summed E-state index contributed by atoms with van der Waals surface area (Å²) in [5.41, 5.74) is -0.470. The van der Waals surface area contributed by atoms with E-state index in [1.165, 1.54) is 0 Å². The molecule has 0 aliphatic carbocycles. The fourth-order valence-electron chi connectivity index (χ4n) is 1.83. The summed E-state index contributed by atoms with van der Waals surface area (Å²) in [6, 6.07) is 3.75. The van der Waals surface area contributed by atoms with Gasteiger partial charge >= 0.3 is 6.09 Å². The summed E-state index contributed by atoms with van der Waals surface area (Å²) in [7, 11) is 0. The molecule has 0 aromatic carbocycles. The average Bonchev–Trinajstić information content (AvgIpc) is 2.27. The molecule has 0 unspecified atom stereocenters. The molecule has 1 aromatic rings. The van der Waals surface area contributed by atoms with Gasteiger partial charge in [-0.1, -0.05) is 0 Å². The van der Waals surface area contributed by atoms with E-state index < -0.39 is 5.60 Å². The highest BCUT2D eigenvalue weighted by Crippen LogP contribution is 2.25. The number of halogens is 1. The van der Waals surface area contributed by atoms with Gasteiger partial charge in [-0.25, -0.2) is 9.78 Å². The van der Waals surface area contributed by atoms with Gasteiger partial charge in [0, 0.05) is 12.7 Å². The molecule has 5 nitrogen and oxygen atoms in total. The molecule has 1 aromatic heterocycles. The summed E-state index contributed by atoms with van der Waals surface area (Å²) >= 11 is 3.38. The Kier molecular flexibility index (Phi) is 4.52. The van der Waals surface area contributed by atoms with Crippen molar-refractivity contribution in [1.82, 2.24) is 9.88 Å². The standard InChI is InChI=1S/C14H19BrN2O3/c1-14(2,3)20-13(18)17-8-6-10(17)9-19-12-11(15)5-4-7-16-12/h4-5,7,10H,6,8-9H2,1-3H3/t10-/m0/s1. The maximum absolute atomic E-state index is 12.0. The minimum atomic E-state index is -0.470. The topological polar surface area (TPSA) is 51.7 Å². The largest absolute Gasteiger partial charge is 0.475 e. The summed E-state index contributed by atoms with van der Waals surface area (Å²) in [4.78, 5) is 17.8. The number of carbonyl (C=O) groups is 1. The van der Waals surface area contributed by atoms with Crippen molar-refractivity contribution in [3.05, 3.63) is 22.8 Å². The molecule has 1 saturated heterocycles. The van der Waals surface area contributed by atoms with Crippen molar-refractivity contribution in [3.63, 3.8) is 0 Å². The molecule has 1 aliphatic heterocycles. The number of aromatic nitrogens is 1. The zero-order valence-corrected chi connectivity index (χ0v) is 13.5. The lowest BCUT2D eigenvalue weighted by atomic mass is 10.1. The number of likely N-dealkylation sites (tertiary alicyclic amines) is 1. The molecule has 0 bridgehead atoms. The number of ether oxygens (including phenoxy) is 2. The lowest BCUT2D eigenvalue weighted by molar-refractivity contribution is -0.0145. The van der Waals surface area contributed by atoms with E-state index in [-0.39, 0.29) is 12.1 Å². The lowest BCUT2D eigenvalue weighted by Gasteiger charge is -2.40. The molecule has 6 heteroatoms. The zero-order valence-electron chi connectivity index (χ0n) is 11.9. The molecule has 2 heterocycles. The Bertz CT molecular complexity index is 488. The number of hydrogen-bond donors (Lipinski definition) is 0. The van der Waals surface area contributed by atoms with Gasteiger partial charge in [0.05, 0.1) is 10.5 Å². The van der Waals surface area contributed by atoms with Crippen molar-refractivity contribution >= 4 is 22.0 Å². The van der Waals surface area contributed by atoms with Crippen LogP contribution >= 0.6 is 15.9 Å². The monoisotopic (exact) mass is 342 g/mol. The van der Waals surface area contributed by atoms with E-state index in [0.29, 0.717) is 19.0 Å². The van der Waals surface area contributed by atoms with Crippen molar-refractivity contribution < 1.29 is 14.3 Å². The molecule has 1 atom stereocenters. The van der Waals surface area contributed by atoms with Crippen LogP contribution in [0.1, 0.15) is 27.2 Å². The summed E-state index contributed by atoms with van der Waals surface area (Å²) in [6.45, 7) is 6.73. The maximum Gasteiger partial charge on any atom is 0.410 e. The van der Waals surface area contributed by atoms with Crippen molar-refractivity contribution in [1.29, 1.82) is 0 Å². The third kappa shape index (κ3) is 3.85. The molecule has 0 saturated carbocycles. The van der Waals surface area contributed by atoms with Gasteiger partial charge in [0.2, 0.25) is 5.88 Å². The van der Waals surface area contributed by atoms with Gasteiger partial charge < -0.3 is 14.4 Å². The van der Waals surface area contributed by atoms with Crippen LogP contribution in [-0.2, 0) is 4.74 Å². The van der Waals surface area contributed by atoms with E-state index in [0.717, 1.165) is 10.9 Å². The number of hydrogen-bond acceptors (Lipinski definition) is 4. The molecule has 0 N–H and O–H groups in total. The van der Waals surface area contributed by atoms with E-state index in [1.54, 1.807) is 11.1 Å². The van der Waals surface area contributed by atoms with E-state index in [2.05, 4.69) is 20.9 Å². The third-order valence-electron chi connectivity index (χ3n) is 2.91. The molecule has 110 valence electrons. The van der Waals surface area contributed by atoms with Crippen LogP contribution in [0.2, 0.25) is 0 Å². The second-order valence-corrected chi connectivity index (χ2v) is 6.57. The molecule has 0 spiro atoms. The van der Waals surface area contributed by atoms with Gasteiger partial charge in [0.15, 0.2) is 0 Å². The minimum absolute atomic E-state index is 0.0544. The smallest absolute Gasteiger partial charge is 0.410 e. The molecule has 2 rings (SSSR count). The quantitative estimate of drug-likeness (QED) is 0.846. The maximum atomic E-state index is 12.0. The molecule has 20 heavy (non-hydrogen) atoms. The van der Waals surface area contributed by atoms with Crippen LogP contribution in [0.4, 0.5) is 4.79 Å². The predicted octanol–water partition coefficient (Wildman–Crippen LogP) is 3.23. The van der Waals surface area contributed by atoms with Crippen LogP contribution in [-0.4, -0.2) is 40.8 Å². The Morgan fingerprint density at radius 1 is 1.55 bits per heavy atom. The van der Waals surface area contributed by atoms with Gasteiger partial charge in [0.25, 0.3) is 0 Å². The van der Waals surface area contributed by atoms with E-state index in [9.17, 15) is 4.79 Å². The van der Waals surface area contributed by atoms with Crippen molar-refractivity contribution in [2.75, 3.05) is 13.2 Å². The number of carbonyl (C=O) groups excluding carboxylic acids is 1. The van der Waals surface area contributed by atoms with Gasteiger partial charge in [-0.05, 0) is 55.3 Å². The fourth-order valence-corrected chi connectivity index (χ4v) is 2.20. The number of pyridine rings is 1. The van der Waals surface area contributed by atoms with Crippen LogP contribution in [0.3, 0.4) is 0 Å². The molecule has 1 aliphatic rings. The van der Waals surface area contributed by atoms with Crippen LogP contribution in [0.15, 0.2) is 22.8 Å². The minimum Gasteiger partial charge on any atom is -0.475 e. The first-order valence-corrected chi connectivity index (χ1v) is 7.39. The Morgan fingerprint density at radius 3 is 2.85 bits per heavy atom. The number of rotatable bonds is 3. The van der Waals surface area contributed by atoms with Gasteiger partial charge in [-0.15, -0.1) is 0 Å². The first-order valence-electron chi connectivity index (χ1n) is 6.60. The molecular formula is C14H19BrN2O3. The predicted molar refractivity (Wildman–Crippen MR) is 78.8 cm³/mol. The number of amides is 1. The van der Waals surface area contributed by atoms with Gasteiger partial charge in [0.1, 0.15) is 12.2 Å². The van der Waals surface area contributed by atoms with Gasteiger partial charge in [-0.2, -0.15) is 0 Å². The SMILES string of the molecule is CC(C)(C)OC(=O)N1CC[C@H]1COc1ncccc1Br. The molecule has 0 radical (unpaired) electrons. The summed E-state index contributed by atoms with van der Waals surface area (Å²) < 4.78 is 11.8. The first-order chi connectivity index (χ1) is 9.37. The highest BCUT2D eigenvalue weighted by Gasteiger charge is 2.35. The summed E-state index contributed by atoms with van der Waals surface area (Å²) in [5.74, 6) is 0.545. The normalized spacial score (nSPS) is 18.4. The van der Waals surface area contributed by atoms with E-state index in [4.69, 9.17) is 9.47 Å². The first kappa shape index (κ1) is 15.1. The number of nitrogens with zero attached hydrogens (tertiary/aromatic N) is 2. The second kappa shape index (κ2) is 5.99. The molecular weight excluding hydrogens is 324 g/mol. The third-order valence-corrected chi connectivity index (χ3v) is 3.51. The average molecular weight is 343 g/mol. The Morgan fingerprint density at radius 2 is 2.30 bits per heavy atom. The molecule has 1 fully saturated rings. The van der Waals surface area contributed by atoms with Crippen LogP contribution < -0.4 is 4.74 Å². The lowest BCUT2D eigenvalue weighted by Crippen LogP contribution is -2.55.